The fraction of sp³-hybridized carbons (Fsp3) is 1.00. The number of hydrogen-bond donors (Lipinski definition) is 0. The Morgan fingerprint density at radius 3 is 1.56 bits per heavy atom. The molecule has 0 spiro atoms. The highest BCUT2D eigenvalue weighted by atomic mass is 15.2. The van der Waals surface area contributed by atoms with Gasteiger partial charge in [0.25, 0.3) is 0 Å². The Kier molecular flexibility index (Phi) is 3.25. The van der Waals surface area contributed by atoms with Crippen LogP contribution >= 0.6 is 0 Å². The first-order chi connectivity index (χ1) is 8.47. The van der Waals surface area contributed by atoms with Crippen molar-refractivity contribution >= 4 is 0 Å². The van der Waals surface area contributed by atoms with E-state index in [-0.39, 0.29) is 0 Å². The van der Waals surface area contributed by atoms with Gasteiger partial charge in [-0.05, 0) is 89.4 Å². The predicted octanol–water partition coefficient (Wildman–Crippen LogP) is 4.32. The van der Waals surface area contributed by atoms with Crippen LogP contribution in [0.5, 0.6) is 0 Å². The first kappa shape index (κ1) is 13.0. The van der Waals surface area contributed by atoms with Crippen molar-refractivity contribution in [2.75, 3.05) is 6.54 Å². The van der Waals surface area contributed by atoms with Crippen LogP contribution in [-0.2, 0) is 0 Å². The third kappa shape index (κ3) is 2.24. The zero-order valence-electron chi connectivity index (χ0n) is 12.8. The second-order valence-corrected chi connectivity index (χ2v) is 8.28. The van der Waals surface area contributed by atoms with Gasteiger partial charge in [-0.15, -0.1) is 0 Å². The van der Waals surface area contributed by atoms with Gasteiger partial charge in [-0.2, -0.15) is 0 Å². The van der Waals surface area contributed by atoms with Gasteiger partial charge in [0.15, 0.2) is 0 Å². The molecule has 0 atom stereocenters. The third-order valence-corrected chi connectivity index (χ3v) is 6.01. The lowest BCUT2D eigenvalue weighted by Crippen LogP contribution is -2.53. The number of rotatable bonds is 4. The SMILES string of the molecule is CC(C)N(CC12CC3CC(CC(C3)C1)C2)C(C)C. The van der Waals surface area contributed by atoms with Gasteiger partial charge >= 0.3 is 0 Å². The quantitative estimate of drug-likeness (QED) is 0.717. The van der Waals surface area contributed by atoms with Gasteiger partial charge in [0.1, 0.15) is 0 Å². The summed E-state index contributed by atoms with van der Waals surface area (Å²) in [7, 11) is 0. The molecule has 0 aliphatic heterocycles. The van der Waals surface area contributed by atoms with E-state index in [4.69, 9.17) is 0 Å². The van der Waals surface area contributed by atoms with Crippen LogP contribution in [0.15, 0.2) is 0 Å². The van der Waals surface area contributed by atoms with Gasteiger partial charge < -0.3 is 0 Å². The lowest BCUT2D eigenvalue weighted by molar-refractivity contribution is -0.0772. The van der Waals surface area contributed by atoms with Crippen molar-refractivity contribution in [3.63, 3.8) is 0 Å². The highest BCUT2D eigenvalue weighted by molar-refractivity contribution is 5.02. The standard InChI is InChI=1S/C17H31N/c1-12(2)18(13(3)4)11-17-8-14-5-15(9-17)7-16(6-14)10-17/h12-16H,5-11H2,1-4H3. The summed E-state index contributed by atoms with van der Waals surface area (Å²) < 4.78 is 0. The van der Waals surface area contributed by atoms with Crippen molar-refractivity contribution in [1.29, 1.82) is 0 Å². The monoisotopic (exact) mass is 249 g/mol. The molecule has 1 nitrogen and oxygen atoms in total. The van der Waals surface area contributed by atoms with Crippen LogP contribution in [0.2, 0.25) is 0 Å². The zero-order chi connectivity index (χ0) is 12.9. The lowest BCUT2D eigenvalue weighted by Gasteiger charge is -2.58. The molecule has 0 aromatic heterocycles. The molecule has 0 aromatic carbocycles. The summed E-state index contributed by atoms with van der Waals surface area (Å²) in [6.45, 7) is 10.9. The summed E-state index contributed by atoms with van der Waals surface area (Å²) in [4.78, 5) is 2.76. The van der Waals surface area contributed by atoms with Crippen LogP contribution in [0, 0.1) is 23.2 Å². The van der Waals surface area contributed by atoms with Crippen LogP contribution in [0.4, 0.5) is 0 Å². The van der Waals surface area contributed by atoms with Crippen molar-refractivity contribution < 1.29 is 0 Å². The molecule has 0 N–H and O–H groups in total. The van der Waals surface area contributed by atoms with Crippen LogP contribution in [0.1, 0.15) is 66.2 Å². The average Bonchev–Trinajstić information content (AvgIpc) is 2.23. The fourth-order valence-corrected chi connectivity index (χ4v) is 5.83. The van der Waals surface area contributed by atoms with Gasteiger partial charge in [-0.25, -0.2) is 0 Å². The second-order valence-electron chi connectivity index (χ2n) is 8.28. The van der Waals surface area contributed by atoms with E-state index in [0.29, 0.717) is 17.5 Å². The zero-order valence-corrected chi connectivity index (χ0v) is 12.8. The number of nitrogens with zero attached hydrogens (tertiary/aromatic N) is 1. The molecule has 0 radical (unpaired) electrons. The van der Waals surface area contributed by atoms with Crippen LogP contribution in [-0.4, -0.2) is 23.5 Å². The van der Waals surface area contributed by atoms with Gasteiger partial charge in [0.2, 0.25) is 0 Å². The van der Waals surface area contributed by atoms with Crippen LogP contribution < -0.4 is 0 Å². The van der Waals surface area contributed by atoms with E-state index >= 15 is 0 Å². The Hall–Kier alpha value is -0.0400. The molecular weight excluding hydrogens is 218 g/mol. The topological polar surface area (TPSA) is 3.24 Å². The third-order valence-electron chi connectivity index (χ3n) is 6.01. The number of hydrogen-bond acceptors (Lipinski definition) is 1. The molecule has 4 fully saturated rings. The van der Waals surface area contributed by atoms with Crippen molar-refractivity contribution in [1.82, 2.24) is 4.90 Å². The summed E-state index contributed by atoms with van der Waals surface area (Å²) in [5.41, 5.74) is 0.712. The highest BCUT2D eigenvalue weighted by Crippen LogP contribution is 2.60. The fourth-order valence-electron chi connectivity index (χ4n) is 5.83. The molecule has 0 amide bonds. The maximum Gasteiger partial charge on any atom is 0.00437 e. The van der Waals surface area contributed by atoms with Crippen molar-refractivity contribution in [3.8, 4) is 0 Å². The molecule has 0 saturated heterocycles. The minimum atomic E-state index is 0.706. The van der Waals surface area contributed by atoms with Gasteiger partial charge in [-0.3, -0.25) is 4.90 Å². The van der Waals surface area contributed by atoms with Crippen molar-refractivity contribution in [3.05, 3.63) is 0 Å². The van der Waals surface area contributed by atoms with Crippen LogP contribution in [0.3, 0.4) is 0 Å². The van der Waals surface area contributed by atoms with Crippen LogP contribution in [0.25, 0.3) is 0 Å². The predicted molar refractivity (Wildman–Crippen MR) is 77.6 cm³/mol. The smallest absolute Gasteiger partial charge is 0.00437 e. The average molecular weight is 249 g/mol. The molecule has 0 heterocycles. The molecule has 4 saturated carbocycles. The van der Waals surface area contributed by atoms with Crippen molar-refractivity contribution in [2.24, 2.45) is 23.2 Å². The molecule has 0 aromatic rings. The van der Waals surface area contributed by atoms with E-state index in [2.05, 4.69) is 32.6 Å². The summed E-state index contributed by atoms with van der Waals surface area (Å²) in [5.74, 6) is 3.28. The second kappa shape index (κ2) is 4.51. The Labute approximate surface area is 113 Å². The Morgan fingerprint density at radius 1 is 0.833 bits per heavy atom. The molecule has 18 heavy (non-hydrogen) atoms. The molecule has 0 unspecified atom stereocenters. The molecule has 4 rings (SSSR count). The highest BCUT2D eigenvalue weighted by Gasteiger charge is 2.51. The molecule has 4 bridgehead atoms. The minimum absolute atomic E-state index is 0.706. The van der Waals surface area contributed by atoms with Gasteiger partial charge in [-0.1, -0.05) is 0 Å². The first-order valence-electron chi connectivity index (χ1n) is 8.23. The summed E-state index contributed by atoms with van der Waals surface area (Å²) in [6.07, 6.45) is 9.37. The Morgan fingerprint density at radius 2 is 1.22 bits per heavy atom. The molecular formula is C17H31N. The largest absolute Gasteiger partial charge is 0.298 e. The van der Waals surface area contributed by atoms with E-state index in [1.54, 1.807) is 38.5 Å². The molecule has 104 valence electrons. The molecule has 4 aliphatic carbocycles. The van der Waals surface area contributed by atoms with Crippen molar-refractivity contribution in [2.45, 2.75) is 78.3 Å². The maximum atomic E-state index is 2.76. The molecule has 4 aliphatic rings. The summed E-state index contributed by atoms with van der Waals surface area (Å²) >= 11 is 0. The first-order valence-corrected chi connectivity index (χ1v) is 8.23. The summed E-state index contributed by atoms with van der Waals surface area (Å²) in [6, 6.07) is 1.41. The van der Waals surface area contributed by atoms with E-state index in [1.807, 2.05) is 0 Å². The Bertz CT molecular complexity index is 261. The lowest BCUT2D eigenvalue weighted by atomic mass is 9.49. The van der Waals surface area contributed by atoms with Gasteiger partial charge in [0, 0.05) is 18.6 Å². The summed E-state index contributed by atoms with van der Waals surface area (Å²) in [5, 5.41) is 0. The van der Waals surface area contributed by atoms with E-state index < -0.39 is 0 Å². The van der Waals surface area contributed by atoms with E-state index in [1.165, 1.54) is 6.54 Å². The maximum absolute atomic E-state index is 2.76. The normalized spacial score (nSPS) is 42.5. The Balaban J connectivity index is 1.75. The minimum Gasteiger partial charge on any atom is -0.298 e. The van der Waals surface area contributed by atoms with E-state index in [0.717, 1.165) is 17.8 Å². The molecule has 1 heteroatoms. The van der Waals surface area contributed by atoms with E-state index in [9.17, 15) is 0 Å². The van der Waals surface area contributed by atoms with Gasteiger partial charge in [0.05, 0.1) is 0 Å².